The molecule has 326 valence electrons. The van der Waals surface area contributed by atoms with Gasteiger partial charge in [0.2, 0.25) is 0 Å². The fourth-order valence-corrected chi connectivity index (χ4v) is 20.7. The second kappa shape index (κ2) is 15.6. The summed E-state index contributed by atoms with van der Waals surface area (Å²) in [7, 11) is -23.0. The van der Waals surface area contributed by atoms with Gasteiger partial charge in [0.1, 0.15) is 21.0 Å². The van der Waals surface area contributed by atoms with Crippen LogP contribution in [0.15, 0.2) is 0 Å². The van der Waals surface area contributed by atoms with E-state index in [0.717, 1.165) is 77.0 Å². The Balaban J connectivity index is 0.00000455. The molecule has 5 aliphatic heterocycles. The zero-order chi connectivity index (χ0) is 39.7. The third kappa shape index (κ3) is 7.72. The molecule has 5 heterocycles. The number of fused-ring (bicyclic) bond motifs is 20. The molecule has 57 heavy (non-hydrogen) atoms. The molecule has 9 rings (SSSR count). The normalized spacial score (nSPS) is 50.2. The molecule has 8 bridgehead atoms. The van der Waals surface area contributed by atoms with Crippen molar-refractivity contribution in [3.8, 4) is 0 Å². The van der Waals surface area contributed by atoms with E-state index in [1.165, 1.54) is 0 Å². The van der Waals surface area contributed by atoms with Crippen LogP contribution in [0.3, 0.4) is 0 Å². The SMILES string of the molecule is O=S(=O)(O)C1C2C3NC4NC(NC5NC(NC6NC(NC(N3)C2C(S(=O)(=O)O)C(S(=O)(=O)O)C1S(=O)(=O)O)C1CCCCC61)C1CCCCC51)C1CCCCC41.[AlH3]. The predicted molar refractivity (Wildman–Crippen MR) is 210 cm³/mol. The van der Waals surface area contributed by atoms with Crippen LogP contribution in [-0.4, -0.2) is 140 Å². The summed E-state index contributed by atoms with van der Waals surface area (Å²) in [4.78, 5) is 0. The molecule has 9 fully saturated rings. The molecule has 20 unspecified atom stereocenters. The lowest BCUT2D eigenvalue weighted by Crippen LogP contribution is -2.70. The van der Waals surface area contributed by atoms with Crippen molar-refractivity contribution in [3.05, 3.63) is 0 Å². The Kier molecular flexibility index (Phi) is 11.9. The molecule has 4 aliphatic carbocycles. The number of hydrogen-bond donors (Lipinski definition) is 12. The van der Waals surface area contributed by atoms with E-state index in [1.54, 1.807) is 0 Å². The first-order valence-corrected chi connectivity index (χ1v) is 26.3. The molecule has 0 spiro atoms. The van der Waals surface area contributed by atoms with Crippen LogP contribution in [0.4, 0.5) is 0 Å². The molecule has 0 amide bonds. The van der Waals surface area contributed by atoms with Gasteiger partial charge in [-0.3, -0.25) is 60.7 Å². The molecule has 0 aromatic carbocycles. The van der Waals surface area contributed by atoms with Crippen molar-refractivity contribution >= 4 is 57.8 Å². The maximum absolute atomic E-state index is 13.4. The molecule has 25 heteroatoms. The maximum atomic E-state index is 13.4. The third-order valence-electron chi connectivity index (χ3n) is 15.4. The highest BCUT2D eigenvalue weighted by Crippen LogP contribution is 2.50. The molecular formula is C32H59AlN8O12S4. The number of nitrogens with one attached hydrogen (secondary N) is 8. The van der Waals surface area contributed by atoms with Gasteiger partial charge in [0.15, 0.2) is 17.4 Å². The lowest BCUT2D eigenvalue weighted by Gasteiger charge is -2.46. The Bertz CT molecular complexity index is 1850. The van der Waals surface area contributed by atoms with Crippen LogP contribution in [0.1, 0.15) is 77.0 Å². The third-order valence-corrected chi connectivity index (χ3v) is 21.0. The summed E-state index contributed by atoms with van der Waals surface area (Å²) in [6, 6.07) is 0. The van der Waals surface area contributed by atoms with Crippen molar-refractivity contribution < 1.29 is 51.9 Å². The second-order valence-corrected chi connectivity index (χ2v) is 24.4. The van der Waals surface area contributed by atoms with Gasteiger partial charge in [-0.2, -0.15) is 33.7 Å². The van der Waals surface area contributed by atoms with Crippen LogP contribution in [0.25, 0.3) is 0 Å². The van der Waals surface area contributed by atoms with Gasteiger partial charge in [-0.05, 0) is 74.0 Å². The van der Waals surface area contributed by atoms with Crippen molar-refractivity contribution in [3.63, 3.8) is 0 Å². The fraction of sp³-hybridized carbons (Fsp3) is 1.00. The standard InChI is InChI=1S/C32H56N8O12S4.Al.3H/c41-53(42,43)21-19-20(22(54(44,45)46)24(56(50,51)52)23(21)55(47,48)49)32-39-30-18-12-6-4-10-16(18)28(37-30)35-26-14-8-2-1-7-13(14)25(33-26)34-27-15-9-3-5-11-17(15)29(36-27)38-31(19)40-32;;;;/h13-40H,1-12H2,(H,41,42,43)(H,44,45,46)(H,47,48,49)(H,50,51,52);;;;. The zero-order valence-corrected chi connectivity index (χ0v) is 34.0. The van der Waals surface area contributed by atoms with Crippen LogP contribution in [-0.2, 0) is 40.5 Å². The fourth-order valence-electron chi connectivity index (χ4n) is 13.4. The van der Waals surface area contributed by atoms with Gasteiger partial charge in [-0.25, -0.2) is 0 Å². The van der Waals surface area contributed by atoms with E-state index in [9.17, 15) is 51.9 Å². The Morgan fingerprint density at radius 1 is 0.298 bits per heavy atom. The molecule has 20 atom stereocenters. The van der Waals surface area contributed by atoms with Gasteiger partial charge in [0.05, 0.1) is 49.3 Å². The van der Waals surface area contributed by atoms with Crippen molar-refractivity contribution in [1.29, 1.82) is 0 Å². The Morgan fingerprint density at radius 2 is 0.474 bits per heavy atom. The predicted octanol–water partition coefficient (Wildman–Crippen LogP) is -3.11. The molecule has 9 aliphatic rings. The molecule has 4 saturated carbocycles. The molecular weight excluding hydrogens is 844 g/mol. The molecule has 0 aromatic heterocycles. The summed E-state index contributed by atoms with van der Waals surface area (Å²) in [6.07, 6.45) is 7.44. The van der Waals surface area contributed by atoms with Gasteiger partial charge < -0.3 is 0 Å². The first kappa shape index (κ1) is 43.5. The van der Waals surface area contributed by atoms with Crippen LogP contribution in [0, 0.1) is 47.3 Å². The second-order valence-electron chi connectivity index (χ2n) is 18.1. The zero-order valence-electron chi connectivity index (χ0n) is 30.7. The van der Waals surface area contributed by atoms with Crippen molar-refractivity contribution in [2.45, 2.75) is 147 Å². The lowest BCUT2D eigenvalue weighted by molar-refractivity contribution is 0.166. The van der Waals surface area contributed by atoms with E-state index < -0.39 is 98.0 Å². The van der Waals surface area contributed by atoms with E-state index in [2.05, 4.69) is 42.5 Å². The molecule has 0 aromatic rings. The van der Waals surface area contributed by atoms with Crippen LogP contribution < -0.4 is 42.5 Å². The monoisotopic (exact) mass is 902 g/mol. The average Bonchev–Trinajstić information content (AvgIpc) is 3.84. The van der Waals surface area contributed by atoms with Crippen LogP contribution in [0.5, 0.6) is 0 Å². The van der Waals surface area contributed by atoms with Crippen molar-refractivity contribution in [2.75, 3.05) is 0 Å². The average molecular weight is 903 g/mol. The minimum atomic E-state index is -5.87. The van der Waals surface area contributed by atoms with Crippen LogP contribution >= 0.6 is 0 Å². The Hall–Kier alpha value is -0.148. The molecule has 12 N–H and O–H groups in total. The first-order valence-electron chi connectivity index (χ1n) is 20.2. The Morgan fingerprint density at radius 3 is 0.667 bits per heavy atom. The van der Waals surface area contributed by atoms with E-state index in [1.807, 2.05) is 0 Å². The number of rotatable bonds is 4. The minimum absolute atomic E-state index is 0. The van der Waals surface area contributed by atoms with E-state index >= 15 is 0 Å². The van der Waals surface area contributed by atoms with Crippen molar-refractivity contribution in [2.24, 2.45) is 47.3 Å². The minimum Gasteiger partial charge on any atom is -0.286 e. The number of hydrogen-bond acceptors (Lipinski definition) is 16. The topological polar surface area (TPSA) is 314 Å². The van der Waals surface area contributed by atoms with Gasteiger partial charge >= 0.3 is 0 Å². The van der Waals surface area contributed by atoms with Gasteiger partial charge in [-0.15, -0.1) is 0 Å². The Labute approximate surface area is 345 Å². The van der Waals surface area contributed by atoms with E-state index in [-0.39, 0.29) is 65.7 Å². The summed E-state index contributed by atoms with van der Waals surface area (Å²) >= 11 is 0. The lowest BCUT2D eigenvalue weighted by atomic mass is 9.75. The maximum Gasteiger partial charge on any atom is 0.270 e. The highest BCUT2D eigenvalue weighted by atomic mass is 32.2. The highest BCUT2D eigenvalue weighted by molar-refractivity contribution is 7.94. The summed E-state index contributed by atoms with van der Waals surface area (Å²) in [5.74, 6) is -2.57. The van der Waals surface area contributed by atoms with Gasteiger partial charge in [0.25, 0.3) is 40.5 Å². The quantitative estimate of drug-likeness (QED) is 0.0982. The summed E-state index contributed by atoms with van der Waals surface area (Å²) in [6.45, 7) is 0. The smallest absolute Gasteiger partial charge is 0.270 e. The van der Waals surface area contributed by atoms with Gasteiger partial charge in [-0.1, -0.05) is 38.5 Å². The summed E-state index contributed by atoms with van der Waals surface area (Å²) in [5, 5.41) is 17.7. The first-order chi connectivity index (χ1) is 26.3. The van der Waals surface area contributed by atoms with Crippen LogP contribution in [0.2, 0.25) is 0 Å². The van der Waals surface area contributed by atoms with Gasteiger partial charge in [0, 0.05) is 11.8 Å². The van der Waals surface area contributed by atoms with E-state index in [4.69, 9.17) is 0 Å². The molecule has 0 radical (unpaired) electrons. The molecule has 5 saturated heterocycles. The van der Waals surface area contributed by atoms with Crippen molar-refractivity contribution in [1.82, 2.24) is 42.5 Å². The summed E-state index contributed by atoms with van der Waals surface area (Å²) < 4.78 is 149. The molecule has 20 nitrogen and oxygen atoms in total. The van der Waals surface area contributed by atoms with E-state index in [0.29, 0.717) is 11.8 Å². The summed E-state index contributed by atoms with van der Waals surface area (Å²) in [5.41, 5.74) is 0. The largest absolute Gasteiger partial charge is 0.286 e. The highest BCUT2D eigenvalue weighted by Gasteiger charge is 2.71.